The molecule has 224 valence electrons. The van der Waals surface area contributed by atoms with E-state index in [0.29, 0.717) is 18.8 Å². The number of nitrogens with zero attached hydrogens (tertiary/aromatic N) is 7. The van der Waals surface area contributed by atoms with Crippen molar-refractivity contribution in [3.05, 3.63) is 96.3 Å². The Kier molecular flexibility index (Phi) is 9.60. The van der Waals surface area contributed by atoms with Crippen LogP contribution in [-0.2, 0) is 0 Å². The first kappa shape index (κ1) is 30.5. The van der Waals surface area contributed by atoms with E-state index in [4.69, 9.17) is 4.98 Å². The Morgan fingerprint density at radius 1 is 0.860 bits per heavy atom. The number of fused-ring (bicyclic) bond motifs is 1. The summed E-state index contributed by atoms with van der Waals surface area (Å²) in [6.07, 6.45) is 1.81. The number of hydrogen-bond donors (Lipinski definition) is 1. The second kappa shape index (κ2) is 13.5. The highest BCUT2D eigenvalue weighted by Gasteiger charge is 2.23. The minimum Gasteiger partial charge on any atom is -0.391 e. The van der Waals surface area contributed by atoms with Crippen molar-refractivity contribution in [2.45, 2.75) is 26.4 Å². The molecule has 1 aliphatic heterocycles. The van der Waals surface area contributed by atoms with Gasteiger partial charge in [-0.05, 0) is 49.6 Å². The molecule has 6 rings (SSSR count). The number of benzene rings is 3. The van der Waals surface area contributed by atoms with Crippen LogP contribution < -0.4 is 9.80 Å². The molecule has 1 unspecified atom stereocenters. The lowest BCUT2D eigenvalue weighted by molar-refractivity contribution is 0.143. The fraction of sp³-hybridized carbons (Fsp3) is 0.324. The van der Waals surface area contributed by atoms with Gasteiger partial charge in [0.1, 0.15) is 12.2 Å². The Balaban J connectivity index is 0.00000368. The third kappa shape index (κ3) is 6.51. The van der Waals surface area contributed by atoms with Crippen LogP contribution in [0.15, 0.2) is 85.2 Å². The predicted octanol–water partition coefficient (Wildman–Crippen LogP) is 5.53. The summed E-state index contributed by atoms with van der Waals surface area (Å²) in [6, 6.07) is 26.9. The summed E-state index contributed by atoms with van der Waals surface area (Å²) in [5.74, 6) is 1.53. The zero-order valence-electron chi connectivity index (χ0n) is 25.1. The number of hydrogen-bond acceptors (Lipinski definition) is 7. The van der Waals surface area contributed by atoms with E-state index in [-0.39, 0.29) is 12.4 Å². The van der Waals surface area contributed by atoms with Crippen LogP contribution in [0.25, 0.3) is 28.2 Å². The van der Waals surface area contributed by atoms with Crippen LogP contribution in [0.4, 0.5) is 11.5 Å². The normalized spacial score (nSPS) is 14.5. The second-order valence-electron chi connectivity index (χ2n) is 11.2. The van der Waals surface area contributed by atoms with E-state index in [9.17, 15) is 5.11 Å². The van der Waals surface area contributed by atoms with Crippen molar-refractivity contribution in [2.75, 3.05) is 56.1 Å². The number of rotatable bonds is 9. The fourth-order valence-corrected chi connectivity index (χ4v) is 5.88. The smallest absolute Gasteiger partial charge is 0.170 e. The molecule has 1 atom stereocenters. The number of aryl methyl sites for hydroxylation is 1. The molecule has 2 aromatic heterocycles. The number of likely N-dealkylation sites (N-methyl/N-ethyl adjacent to an activating group) is 1. The van der Waals surface area contributed by atoms with E-state index in [0.717, 1.165) is 61.0 Å². The Bertz CT molecular complexity index is 1640. The predicted molar refractivity (Wildman–Crippen MR) is 178 cm³/mol. The van der Waals surface area contributed by atoms with Gasteiger partial charge in [-0.2, -0.15) is 0 Å². The van der Waals surface area contributed by atoms with Gasteiger partial charge in [-0.1, -0.05) is 60.7 Å². The summed E-state index contributed by atoms with van der Waals surface area (Å²) in [7, 11) is 1.97. The maximum Gasteiger partial charge on any atom is 0.170 e. The first-order valence-electron chi connectivity index (χ1n) is 14.8. The summed E-state index contributed by atoms with van der Waals surface area (Å²) < 4.78 is 2.08. The summed E-state index contributed by atoms with van der Waals surface area (Å²) in [6.45, 7) is 9.74. The molecule has 3 heterocycles. The highest BCUT2D eigenvalue weighted by Crippen LogP contribution is 2.31. The molecule has 0 saturated carbocycles. The van der Waals surface area contributed by atoms with Gasteiger partial charge in [-0.25, -0.2) is 15.0 Å². The monoisotopic (exact) mass is 597 g/mol. The summed E-state index contributed by atoms with van der Waals surface area (Å²) in [5.41, 5.74) is 7.51. The van der Waals surface area contributed by atoms with Crippen LogP contribution >= 0.6 is 12.4 Å². The van der Waals surface area contributed by atoms with E-state index in [1.165, 1.54) is 16.8 Å². The lowest BCUT2D eigenvalue weighted by Crippen LogP contribution is -2.47. The van der Waals surface area contributed by atoms with Crippen molar-refractivity contribution >= 4 is 35.1 Å². The molecule has 0 radical (unpaired) electrons. The lowest BCUT2D eigenvalue weighted by atomic mass is 10.1. The van der Waals surface area contributed by atoms with Gasteiger partial charge in [0.25, 0.3) is 0 Å². The standard InChI is InChI=1S/C34H39N7O.ClH/c1-25-11-10-16-30(26(25)2)40-21-19-39(20-22-40)18-17-29(42)23-38(3)33-31-34(36-24-35-33)41(28-14-8-5-9-15-28)32(37-31)27-12-6-4-7-13-27;/h4-16,24,29,42H,17-23H2,1-3H3;1H. The van der Waals surface area contributed by atoms with Crippen molar-refractivity contribution in [2.24, 2.45) is 0 Å². The van der Waals surface area contributed by atoms with Gasteiger partial charge in [0.15, 0.2) is 17.0 Å². The highest BCUT2D eigenvalue weighted by atomic mass is 35.5. The third-order valence-corrected chi connectivity index (χ3v) is 8.39. The minimum atomic E-state index is -0.484. The topological polar surface area (TPSA) is 73.6 Å². The largest absolute Gasteiger partial charge is 0.391 e. The molecule has 3 aromatic carbocycles. The molecule has 5 aromatic rings. The summed E-state index contributed by atoms with van der Waals surface area (Å²) in [5, 5.41) is 11.0. The van der Waals surface area contributed by atoms with Crippen molar-refractivity contribution in [3.8, 4) is 17.1 Å². The molecule has 0 bridgehead atoms. The molecule has 0 aliphatic carbocycles. The zero-order valence-corrected chi connectivity index (χ0v) is 25.9. The Labute approximate surface area is 260 Å². The van der Waals surface area contributed by atoms with Crippen LogP contribution in [0.2, 0.25) is 0 Å². The number of piperazine rings is 1. The van der Waals surface area contributed by atoms with Crippen molar-refractivity contribution in [1.29, 1.82) is 0 Å². The lowest BCUT2D eigenvalue weighted by Gasteiger charge is -2.37. The highest BCUT2D eigenvalue weighted by molar-refractivity contribution is 5.88. The first-order valence-corrected chi connectivity index (χ1v) is 14.8. The molecule has 1 aliphatic rings. The number of para-hydroxylation sites is 1. The Morgan fingerprint density at radius 3 is 2.28 bits per heavy atom. The molecule has 8 nitrogen and oxygen atoms in total. The first-order chi connectivity index (χ1) is 20.5. The molecule has 43 heavy (non-hydrogen) atoms. The Morgan fingerprint density at radius 2 is 1.56 bits per heavy atom. The van der Waals surface area contributed by atoms with Gasteiger partial charge in [0, 0.05) is 63.3 Å². The van der Waals surface area contributed by atoms with Gasteiger partial charge in [-0.15, -0.1) is 12.4 Å². The second-order valence-corrected chi connectivity index (χ2v) is 11.2. The van der Waals surface area contributed by atoms with E-state index < -0.39 is 6.10 Å². The average Bonchev–Trinajstić information content (AvgIpc) is 3.42. The molecular weight excluding hydrogens is 558 g/mol. The van der Waals surface area contributed by atoms with Crippen LogP contribution in [0.3, 0.4) is 0 Å². The van der Waals surface area contributed by atoms with Crippen molar-refractivity contribution in [3.63, 3.8) is 0 Å². The molecule has 0 spiro atoms. The SMILES string of the molecule is Cc1cccc(N2CCN(CCC(O)CN(C)c3ncnc4c3nc(-c3ccccc3)n4-c3ccccc3)CC2)c1C.Cl. The summed E-state index contributed by atoms with van der Waals surface area (Å²) >= 11 is 0. The van der Waals surface area contributed by atoms with Gasteiger partial charge in [0.2, 0.25) is 0 Å². The van der Waals surface area contributed by atoms with Crippen LogP contribution in [0.1, 0.15) is 17.5 Å². The van der Waals surface area contributed by atoms with E-state index in [2.05, 4.69) is 80.6 Å². The quantitative estimate of drug-likeness (QED) is 0.239. The van der Waals surface area contributed by atoms with Crippen LogP contribution in [0.5, 0.6) is 0 Å². The number of anilines is 2. The van der Waals surface area contributed by atoms with E-state index in [1.54, 1.807) is 6.33 Å². The van der Waals surface area contributed by atoms with Crippen molar-refractivity contribution < 1.29 is 5.11 Å². The van der Waals surface area contributed by atoms with E-state index >= 15 is 0 Å². The average molecular weight is 598 g/mol. The summed E-state index contributed by atoms with van der Waals surface area (Å²) in [4.78, 5) is 21.3. The number of aromatic nitrogens is 4. The third-order valence-electron chi connectivity index (χ3n) is 8.39. The minimum absolute atomic E-state index is 0. The zero-order chi connectivity index (χ0) is 29.1. The molecule has 1 saturated heterocycles. The number of aliphatic hydroxyl groups is 1. The van der Waals surface area contributed by atoms with Gasteiger partial charge < -0.3 is 14.9 Å². The van der Waals surface area contributed by atoms with Gasteiger partial charge in [0.05, 0.1) is 6.10 Å². The molecule has 9 heteroatoms. The van der Waals surface area contributed by atoms with Crippen molar-refractivity contribution in [1.82, 2.24) is 24.4 Å². The molecule has 1 N–H and O–H groups in total. The maximum atomic E-state index is 11.0. The van der Waals surface area contributed by atoms with Gasteiger partial charge in [-0.3, -0.25) is 9.47 Å². The van der Waals surface area contributed by atoms with Crippen LogP contribution in [0, 0.1) is 13.8 Å². The fourth-order valence-electron chi connectivity index (χ4n) is 5.88. The molecular formula is C34H40ClN7O. The number of imidazole rings is 1. The van der Waals surface area contributed by atoms with Crippen LogP contribution in [-0.4, -0.2) is 81.9 Å². The van der Waals surface area contributed by atoms with E-state index in [1.807, 2.05) is 48.3 Å². The molecule has 1 fully saturated rings. The van der Waals surface area contributed by atoms with Gasteiger partial charge >= 0.3 is 0 Å². The molecule has 0 amide bonds. The Hall–Kier alpha value is -3.98. The maximum absolute atomic E-state index is 11.0. The number of aliphatic hydroxyl groups excluding tert-OH is 1. The number of halogens is 1.